The number of hydrogen-bond donors (Lipinski definition) is 1. The van der Waals surface area contributed by atoms with Crippen LogP contribution in [0.25, 0.3) is 0 Å². The standard InChI is InChI=1S/C28H52O7/c1-11-20-14(4)16(6)23(29)27(32-20)35-25-17(7)15(5)21(12-2)33-28(25)34-24-18(8)22(13-3)31-26(30-10)19(24)9/h14-29H,11-13H2,1-10H3/t14-,15-,16-,17-,18+,19?,20?,21?,22?,23?,24-,25?,26-,27+,28+/m0/s1. The normalized spacial score (nSPS) is 51.3. The molecule has 6 unspecified atom stereocenters. The minimum absolute atomic E-state index is 0.0404. The van der Waals surface area contributed by atoms with E-state index in [1.54, 1.807) is 7.11 Å². The summed E-state index contributed by atoms with van der Waals surface area (Å²) >= 11 is 0. The first kappa shape index (κ1) is 29.3. The minimum Gasteiger partial charge on any atom is -0.388 e. The van der Waals surface area contributed by atoms with E-state index in [1.807, 2.05) is 0 Å². The number of aliphatic hydroxyl groups is 1. The molecule has 0 amide bonds. The SMILES string of the molecule is CCC1O[C@H](OC2[C@@H](O[C@@H]3C(C)[C@@H](OC)OC(CC)[C@H]3C)OC(CC)[C@@H](C)[C@@H]2C)C(O)[C@@H](C)[C@@H]1C. The van der Waals surface area contributed by atoms with Crippen LogP contribution in [0.4, 0.5) is 0 Å². The van der Waals surface area contributed by atoms with E-state index in [0.29, 0.717) is 5.92 Å². The third-order valence-corrected chi connectivity index (χ3v) is 9.44. The molecule has 3 heterocycles. The Morgan fingerprint density at radius 1 is 0.543 bits per heavy atom. The van der Waals surface area contributed by atoms with Crippen molar-refractivity contribution in [1.29, 1.82) is 0 Å². The van der Waals surface area contributed by atoms with Crippen molar-refractivity contribution in [1.82, 2.24) is 0 Å². The van der Waals surface area contributed by atoms with Gasteiger partial charge in [0.2, 0.25) is 0 Å². The van der Waals surface area contributed by atoms with Gasteiger partial charge in [-0.05, 0) is 42.9 Å². The third-order valence-electron chi connectivity index (χ3n) is 9.44. The van der Waals surface area contributed by atoms with Crippen molar-refractivity contribution in [2.45, 2.75) is 137 Å². The quantitative estimate of drug-likeness (QED) is 0.503. The van der Waals surface area contributed by atoms with Crippen LogP contribution >= 0.6 is 0 Å². The lowest BCUT2D eigenvalue weighted by atomic mass is 9.81. The van der Waals surface area contributed by atoms with E-state index >= 15 is 0 Å². The number of methoxy groups -OCH3 is 1. The summed E-state index contributed by atoms with van der Waals surface area (Å²) in [7, 11) is 1.69. The highest BCUT2D eigenvalue weighted by molar-refractivity contribution is 4.92. The molecule has 3 rings (SSSR count). The maximum Gasteiger partial charge on any atom is 0.184 e. The smallest absolute Gasteiger partial charge is 0.184 e. The van der Waals surface area contributed by atoms with Gasteiger partial charge >= 0.3 is 0 Å². The minimum atomic E-state index is -0.696. The third kappa shape index (κ3) is 5.92. The predicted molar refractivity (Wildman–Crippen MR) is 135 cm³/mol. The van der Waals surface area contributed by atoms with E-state index < -0.39 is 18.7 Å². The van der Waals surface area contributed by atoms with Gasteiger partial charge in [-0.15, -0.1) is 0 Å². The highest BCUT2D eigenvalue weighted by atomic mass is 16.7. The molecule has 0 saturated carbocycles. The Bertz CT molecular complexity index is 629. The van der Waals surface area contributed by atoms with Crippen molar-refractivity contribution in [2.24, 2.45) is 35.5 Å². The molecule has 0 aromatic carbocycles. The average molecular weight is 501 g/mol. The summed E-state index contributed by atoms with van der Waals surface area (Å²) in [6.45, 7) is 19.4. The fourth-order valence-electron chi connectivity index (χ4n) is 6.44. The molecule has 0 bridgehead atoms. The van der Waals surface area contributed by atoms with Crippen molar-refractivity contribution < 1.29 is 33.5 Å². The second-order valence-corrected chi connectivity index (χ2v) is 11.4. The maximum atomic E-state index is 11.1. The zero-order valence-corrected chi connectivity index (χ0v) is 23.7. The molecular formula is C28H52O7. The first-order valence-corrected chi connectivity index (χ1v) is 14.1. The average Bonchev–Trinajstić information content (AvgIpc) is 2.85. The zero-order valence-electron chi connectivity index (χ0n) is 23.7. The lowest BCUT2D eigenvalue weighted by molar-refractivity contribution is -0.365. The van der Waals surface area contributed by atoms with Gasteiger partial charge in [0.25, 0.3) is 0 Å². The van der Waals surface area contributed by atoms with Gasteiger partial charge in [-0.1, -0.05) is 62.3 Å². The van der Waals surface area contributed by atoms with Crippen LogP contribution in [-0.4, -0.2) is 67.7 Å². The van der Waals surface area contributed by atoms with Gasteiger partial charge in [-0.3, -0.25) is 0 Å². The van der Waals surface area contributed by atoms with E-state index in [4.69, 9.17) is 28.4 Å². The fourth-order valence-corrected chi connectivity index (χ4v) is 6.44. The number of aliphatic hydroxyl groups excluding tert-OH is 1. The van der Waals surface area contributed by atoms with Gasteiger partial charge in [-0.2, -0.15) is 0 Å². The van der Waals surface area contributed by atoms with Gasteiger partial charge < -0.3 is 33.5 Å². The second kappa shape index (κ2) is 12.5. The Morgan fingerprint density at radius 2 is 1.00 bits per heavy atom. The van der Waals surface area contributed by atoms with Crippen molar-refractivity contribution in [3.63, 3.8) is 0 Å². The predicted octanol–water partition coefficient (Wildman–Crippen LogP) is 4.99. The molecule has 3 fully saturated rings. The van der Waals surface area contributed by atoms with Gasteiger partial charge in [0.05, 0.1) is 24.4 Å². The number of ether oxygens (including phenoxy) is 6. The zero-order chi connectivity index (χ0) is 26.0. The lowest BCUT2D eigenvalue weighted by Gasteiger charge is -2.51. The molecule has 35 heavy (non-hydrogen) atoms. The largest absolute Gasteiger partial charge is 0.388 e. The molecule has 3 saturated heterocycles. The van der Waals surface area contributed by atoms with Crippen LogP contribution in [0.3, 0.4) is 0 Å². The highest BCUT2D eigenvalue weighted by Crippen LogP contribution is 2.41. The monoisotopic (exact) mass is 500 g/mol. The van der Waals surface area contributed by atoms with Crippen LogP contribution in [0.5, 0.6) is 0 Å². The van der Waals surface area contributed by atoms with Gasteiger partial charge in [-0.25, -0.2) is 0 Å². The molecule has 206 valence electrons. The fraction of sp³-hybridized carbons (Fsp3) is 1.00. The van der Waals surface area contributed by atoms with Crippen LogP contribution in [0, 0.1) is 35.5 Å². The van der Waals surface area contributed by atoms with Gasteiger partial charge in [0.15, 0.2) is 18.9 Å². The second-order valence-electron chi connectivity index (χ2n) is 11.4. The summed E-state index contributed by atoms with van der Waals surface area (Å²) in [5.41, 5.74) is 0. The molecule has 3 aliphatic heterocycles. The first-order chi connectivity index (χ1) is 16.6. The van der Waals surface area contributed by atoms with E-state index in [0.717, 1.165) is 19.3 Å². The topological polar surface area (TPSA) is 75.6 Å². The number of hydrogen-bond acceptors (Lipinski definition) is 7. The summed E-state index contributed by atoms with van der Waals surface area (Å²) < 4.78 is 38.2. The van der Waals surface area contributed by atoms with Crippen LogP contribution in [0.15, 0.2) is 0 Å². The molecule has 0 aromatic heterocycles. The Hall–Kier alpha value is -0.280. The summed E-state index contributed by atoms with van der Waals surface area (Å²) in [5.74, 6) is 1.05. The van der Waals surface area contributed by atoms with Crippen LogP contribution in [0.1, 0.15) is 81.6 Å². The molecule has 0 aromatic rings. The molecule has 0 aliphatic carbocycles. The van der Waals surface area contributed by atoms with Crippen LogP contribution < -0.4 is 0 Å². The van der Waals surface area contributed by atoms with E-state index in [2.05, 4.69) is 62.3 Å². The van der Waals surface area contributed by atoms with Crippen LogP contribution in [0.2, 0.25) is 0 Å². The Kier molecular flexibility index (Phi) is 10.5. The molecule has 3 aliphatic rings. The molecule has 0 spiro atoms. The van der Waals surface area contributed by atoms with Crippen molar-refractivity contribution in [2.75, 3.05) is 7.11 Å². The summed E-state index contributed by atoms with van der Waals surface area (Å²) in [5, 5.41) is 11.1. The lowest BCUT2D eigenvalue weighted by Crippen LogP contribution is -2.59. The van der Waals surface area contributed by atoms with Crippen molar-refractivity contribution in [3.05, 3.63) is 0 Å². The molecule has 7 nitrogen and oxygen atoms in total. The summed E-state index contributed by atoms with van der Waals surface area (Å²) in [6.07, 6.45) is 0.156. The van der Waals surface area contributed by atoms with E-state index in [9.17, 15) is 5.11 Å². The number of rotatable bonds is 8. The molecular weight excluding hydrogens is 448 g/mol. The first-order valence-electron chi connectivity index (χ1n) is 14.1. The molecule has 15 atom stereocenters. The Balaban J connectivity index is 1.85. The highest BCUT2D eigenvalue weighted by Gasteiger charge is 2.50. The Morgan fingerprint density at radius 3 is 1.54 bits per heavy atom. The maximum absolute atomic E-state index is 11.1. The van der Waals surface area contributed by atoms with Crippen molar-refractivity contribution in [3.8, 4) is 0 Å². The van der Waals surface area contributed by atoms with E-state index in [-0.39, 0.29) is 66.4 Å². The molecule has 7 heteroatoms. The van der Waals surface area contributed by atoms with Crippen molar-refractivity contribution >= 4 is 0 Å². The Labute approximate surface area is 213 Å². The van der Waals surface area contributed by atoms with Crippen LogP contribution in [-0.2, 0) is 28.4 Å². The van der Waals surface area contributed by atoms with Gasteiger partial charge in [0, 0.05) is 18.9 Å². The summed E-state index contributed by atoms with van der Waals surface area (Å²) in [6, 6.07) is 0. The van der Waals surface area contributed by atoms with E-state index in [1.165, 1.54) is 0 Å². The summed E-state index contributed by atoms with van der Waals surface area (Å²) in [4.78, 5) is 0. The molecule has 0 radical (unpaired) electrons. The van der Waals surface area contributed by atoms with Gasteiger partial charge in [0.1, 0.15) is 12.2 Å². The molecule has 1 N–H and O–H groups in total.